The number of nitrogens with one attached hydrogen (secondary N) is 2. The summed E-state index contributed by atoms with van der Waals surface area (Å²) in [6, 6.07) is 1.17. The van der Waals surface area contributed by atoms with Gasteiger partial charge >= 0.3 is 0 Å². The van der Waals surface area contributed by atoms with Gasteiger partial charge in [-0.1, -0.05) is 19.3 Å². The predicted molar refractivity (Wildman–Crippen MR) is 71.6 cm³/mol. The molecule has 3 nitrogen and oxygen atoms in total. The first-order valence-corrected chi connectivity index (χ1v) is 6.90. The van der Waals surface area contributed by atoms with Crippen LogP contribution in [0.1, 0.15) is 38.5 Å². The molecule has 1 saturated heterocycles. The van der Waals surface area contributed by atoms with Crippen LogP contribution in [-0.2, 0) is 0 Å². The van der Waals surface area contributed by atoms with Gasteiger partial charge in [-0.2, -0.15) is 0 Å². The van der Waals surface area contributed by atoms with Crippen LogP contribution in [0.15, 0.2) is 0 Å². The van der Waals surface area contributed by atoms with E-state index >= 15 is 0 Å². The molecular formula is C12H23N3S. The highest BCUT2D eigenvalue weighted by atomic mass is 32.1. The van der Waals surface area contributed by atoms with Gasteiger partial charge in [-0.05, 0) is 45.1 Å². The molecule has 92 valence electrons. The molecule has 1 atom stereocenters. The molecule has 2 fully saturated rings. The van der Waals surface area contributed by atoms with Crippen molar-refractivity contribution < 1.29 is 0 Å². The molecule has 1 unspecified atom stereocenters. The van der Waals surface area contributed by atoms with Crippen molar-refractivity contribution in [2.45, 2.75) is 50.6 Å². The lowest BCUT2D eigenvalue weighted by molar-refractivity contribution is 0.400. The van der Waals surface area contributed by atoms with Crippen molar-refractivity contribution in [3.05, 3.63) is 0 Å². The first-order chi connectivity index (χ1) is 7.74. The zero-order valence-corrected chi connectivity index (χ0v) is 11.0. The molecule has 0 aromatic carbocycles. The minimum absolute atomic E-state index is 0.550. The van der Waals surface area contributed by atoms with Crippen LogP contribution in [0.25, 0.3) is 0 Å². The Hall–Kier alpha value is -0.350. The van der Waals surface area contributed by atoms with Crippen LogP contribution in [-0.4, -0.2) is 42.2 Å². The third-order valence-electron chi connectivity index (χ3n) is 3.67. The normalized spacial score (nSPS) is 27.9. The van der Waals surface area contributed by atoms with Gasteiger partial charge in [0.25, 0.3) is 0 Å². The van der Waals surface area contributed by atoms with Gasteiger partial charge in [0, 0.05) is 18.6 Å². The summed E-state index contributed by atoms with van der Waals surface area (Å²) in [4.78, 5) is 2.35. The number of hydrogen-bond donors (Lipinski definition) is 2. The SMILES string of the molecule is CN1CCC(NC(=S)NC2CCCCC2)C1. The van der Waals surface area contributed by atoms with E-state index in [-0.39, 0.29) is 0 Å². The maximum absolute atomic E-state index is 5.37. The number of nitrogens with zero attached hydrogens (tertiary/aromatic N) is 1. The predicted octanol–water partition coefficient (Wildman–Crippen LogP) is 1.49. The van der Waals surface area contributed by atoms with Gasteiger partial charge in [0.1, 0.15) is 0 Å². The van der Waals surface area contributed by atoms with Crippen LogP contribution in [0.2, 0.25) is 0 Å². The highest BCUT2D eigenvalue weighted by molar-refractivity contribution is 7.80. The van der Waals surface area contributed by atoms with Crippen molar-refractivity contribution in [2.24, 2.45) is 0 Å². The third kappa shape index (κ3) is 3.59. The first kappa shape index (κ1) is 12.1. The average Bonchev–Trinajstić information content (AvgIpc) is 2.65. The maximum atomic E-state index is 5.37. The minimum Gasteiger partial charge on any atom is -0.360 e. The van der Waals surface area contributed by atoms with Crippen LogP contribution in [0.5, 0.6) is 0 Å². The van der Waals surface area contributed by atoms with Crippen molar-refractivity contribution in [3.63, 3.8) is 0 Å². The van der Waals surface area contributed by atoms with Crippen molar-refractivity contribution >= 4 is 17.3 Å². The molecular weight excluding hydrogens is 218 g/mol. The molecule has 16 heavy (non-hydrogen) atoms. The second-order valence-corrected chi connectivity index (χ2v) is 5.61. The van der Waals surface area contributed by atoms with Crippen LogP contribution >= 0.6 is 12.2 Å². The fourth-order valence-electron chi connectivity index (χ4n) is 2.71. The third-order valence-corrected chi connectivity index (χ3v) is 3.90. The zero-order valence-electron chi connectivity index (χ0n) is 10.2. The Bertz CT molecular complexity index is 230. The van der Waals surface area contributed by atoms with Crippen LogP contribution in [0, 0.1) is 0 Å². The number of likely N-dealkylation sites (tertiary alicyclic amines) is 1. The highest BCUT2D eigenvalue weighted by Gasteiger charge is 2.21. The monoisotopic (exact) mass is 241 g/mol. The number of rotatable bonds is 2. The Kier molecular flexibility index (Phi) is 4.41. The highest BCUT2D eigenvalue weighted by Crippen LogP contribution is 2.17. The summed E-state index contributed by atoms with van der Waals surface area (Å²) in [5.41, 5.74) is 0. The summed E-state index contributed by atoms with van der Waals surface area (Å²) in [5, 5.41) is 7.77. The van der Waals surface area contributed by atoms with Gasteiger partial charge in [0.15, 0.2) is 5.11 Å². The van der Waals surface area contributed by atoms with Crippen molar-refractivity contribution in [2.75, 3.05) is 20.1 Å². The first-order valence-electron chi connectivity index (χ1n) is 6.49. The Morgan fingerprint density at radius 3 is 2.38 bits per heavy atom. The Morgan fingerprint density at radius 1 is 1.06 bits per heavy atom. The van der Waals surface area contributed by atoms with E-state index in [2.05, 4.69) is 22.6 Å². The molecule has 2 rings (SSSR count). The number of thiocarbonyl (C=S) groups is 1. The van der Waals surface area contributed by atoms with Crippen LogP contribution < -0.4 is 10.6 Å². The maximum Gasteiger partial charge on any atom is 0.166 e. The summed E-state index contributed by atoms with van der Waals surface area (Å²) < 4.78 is 0. The molecule has 0 amide bonds. The fraction of sp³-hybridized carbons (Fsp3) is 0.917. The van der Waals surface area contributed by atoms with Crippen LogP contribution in [0.3, 0.4) is 0 Å². The second kappa shape index (κ2) is 5.82. The zero-order chi connectivity index (χ0) is 11.4. The summed E-state index contributed by atoms with van der Waals surface area (Å²) in [5.74, 6) is 0. The topological polar surface area (TPSA) is 27.3 Å². The van der Waals surface area contributed by atoms with Gasteiger partial charge in [-0.25, -0.2) is 0 Å². The molecule has 1 saturated carbocycles. The molecule has 1 heterocycles. The summed E-state index contributed by atoms with van der Waals surface area (Å²) >= 11 is 5.37. The lowest BCUT2D eigenvalue weighted by atomic mass is 9.96. The van der Waals surface area contributed by atoms with Crippen molar-refractivity contribution in [1.82, 2.24) is 15.5 Å². The Morgan fingerprint density at radius 2 is 1.75 bits per heavy atom. The molecule has 1 aliphatic heterocycles. The van der Waals surface area contributed by atoms with Gasteiger partial charge in [0.05, 0.1) is 0 Å². The van der Waals surface area contributed by atoms with E-state index in [1.54, 1.807) is 0 Å². The molecule has 2 aliphatic rings. The van der Waals surface area contributed by atoms with Crippen molar-refractivity contribution in [3.8, 4) is 0 Å². The van der Waals surface area contributed by atoms with Gasteiger partial charge in [-0.15, -0.1) is 0 Å². The fourth-order valence-corrected chi connectivity index (χ4v) is 3.05. The van der Waals surface area contributed by atoms with Gasteiger partial charge in [0.2, 0.25) is 0 Å². The standard InChI is InChI=1S/C12H23N3S/c1-15-8-7-11(9-15)14-12(16)13-10-5-3-2-4-6-10/h10-11H,2-9H2,1H3,(H2,13,14,16). The Labute approximate surface area is 104 Å². The van der Waals surface area contributed by atoms with E-state index in [1.165, 1.54) is 45.1 Å². The average molecular weight is 241 g/mol. The lowest BCUT2D eigenvalue weighted by Crippen LogP contribution is -2.47. The van der Waals surface area contributed by atoms with E-state index in [9.17, 15) is 0 Å². The summed E-state index contributed by atoms with van der Waals surface area (Å²) in [6.07, 6.45) is 7.88. The largest absolute Gasteiger partial charge is 0.360 e. The molecule has 0 radical (unpaired) electrons. The molecule has 0 aromatic rings. The van der Waals surface area contributed by atoms with Gasteiger partial charge in [-0.3, -0.25) is 0 Å². The van der Waals surface area contributed by atoms with E-state index < -0.39 is 0 Å². The lowest BCUT2D eigenvalue weighted by Gasteiger charge is -2.25. The number of likely N-dealkylation sites (N-methyl/N-ethyl adjacent to an activating group) is 1. The molecule has 0 aromatic heterocycles. The molecule has 0 spiro atoms. The molecule has 0 bridgehead atoms. The smallest absolute Gasteiger partial charge is 0.166 e. The molecule has 2 N–H and O–H groups in total. The second-order valence-electron chi connectivity index (χ2n) is 5.20. The summed E-state index contributed by atoms with van der Waals surface area (Å²) in [7, 11) is 2.17. The van der Waals surface area contributed by atoms with Crippen molar-refractivity contribution in [1.29, 1.82) is 0 Å². The summed E-state index contributed by atoms with van der Waals surface area (Å²) in [6.45, 7) is 2.30. The van der Waals surface area contributed by atoms with Gasteiger partial charge < -0.3 is 15.5 Å². The Balaban J connectivity index is 1.67. The van der Waals surface area contributed by atoms with E-state index in [1.807, 2.05) is 0 Å². The minimum atomic E-state index is 0.550. The number of hydrogen-bond acceptors (Lipinski definition) is 2. The van der Waals surface area contributed by atoms with E-state index in [4.69, 9.17) is 12.2 Å². The molecule has 4 heteroatoms. The van der Waals surface area contributed by atoms with Crippen LogP contribution in [0.4, 0.5) is 0 Å². The van der Waals surface area contributed by atoms with E-state index in [0.717, 1.165) is 11.7 Å². The molecule has 1 aliphatic carbocycles. The quantitative estimate of drug-likeness (QED) is 0.716. The van der Waals surface area contributed by atoms with E-state index in [0.29, 0.717) is 12.1 Å².